The Morgan fingerprint density at radius 3 is 2.78 bits per heavy atom. The van der Waals surface area contributed by atoms with Gasteiger partial charge in [-0.1, -0.05) is 12.1 Å². The molecule has 9 nitrogen and oxygen atoms in total. The van der Waals surface area contributed by atoms with Crippen molar-refractivity contribution in [2.45, 2.75) is 13.5 Å². The van der Waals surface area contributed by atoms with Crippen LogP contribution in [0.5, 0.6) is 5.75 Å². The van der Waals surface area contributed by atoms with Crippen molar-refractivity contribution >= 4 is 17.5 Å². The lowest BCUT2D eigenvalue weighted by molar-refractivity contribution is 0.0958. The fourth-order valence-electron chi connectivity index (χ4n) is 2.52. The van der Waals surface area contributed by atoms with Gasteiger partial charge in [0.2, 0.25) is 0 Å². The Hall–Kier alpha value is -3.62. The summed E-state index contributed by atoms with van der Waals surface area (Å²) in [6.07, 6.45) is 1.61. The first-order valence-electron chi connectivity index (χ1n) is 8.36. The van der Waals surface area contributed by atoms with Gasteiger partial charge in [-0.15, -0.1) is 0 Å². The lowest BCUT2D eigenvalue weighted by Crippen LogP contribution is -2.21. The molecule has 0 unspecified atom stereocenters. The first-order valence-corrected chi connectivity index (χ1v) is 8.36. The van der Waals surface area contributed by atoms with Crippen LogP contribution in [0.3, 0.4) is 0 Å². The summed E-state index contributed by atoms with van der Waals surface area (Å²) >= 11 is 0. The molecule has 0 atom stereocenters. The number of H-pyrrole nitrogens is 1. The first-order chi connectivity index (χ1) is 13.0. The van der Waals surface area contributed by atoms with Gasteiger partial charge in [-0.2, -0.15) is 10.2 Å². The summed E-state index contributed by atoms with van der Waals surface area (Å²) in [5, 5.41) is 16.3. The number of carbonyl (C=O) groups excluding carboxylic acids is 2. The zero-order chi connectivity index (χ0) is 19.4. The van der Waals surface area contributed by atoms with Crippen LogP contribution in [-0.4, -0.2) is 45.9 Å². The van der Waals surface area contributed by atoms with E-state index in [1.54, 1.807) is 24.1 Å². The number of nitrogens with one attached hydrogen (secondary N) is 3. The summed E-state index contributed by atoms with van der Waals surface area (Å²) in [5.41, 5.74) is 2.17. The second kappa shape index (κ2) is 7.73. The predicted molar refractivity (Wildman–Crippen MR) is 99.8 cm³/mol. The van der Waals surface area contributed by atoms with Crippen LogP contribution in [-0.2, 0) is 6.54 Å². The van der Waals surface area contributed by atoms with Crippen molar-refractivity contribution in [1.82, 2.24) is 25.3 Å². The van der Waals surface area contributed by atoms with Gasteiger partial charge >= 0.3 is 0 Å². The molecule has 3 N–H and O–H groups in total. The molecule has 0 aliphatic rings. The molecule has 0 aliphatic carbocycles. The highest BCUT2D eigenvalue weighted by Crippen LogP contribution is 2.23. The van der Waals surface area contributed by atoms with E-state index in [0.29, 0.717) is 23.7 Å². The minimum atomic E-state index is -0.419. The highest BCUT2D eigenvalue weighted by Gasteiger charge is 2.19. The van der Waals surface area contributed by atoms with Crippen LogP contribution < -0.4 is 15.4 Å². The van der Waals surface area contributed by atoms with Crippen molar-refractivity contribution in [3.63, 3.8) is 0 Å². The number of carbonyl (C=O) groups is 2. The SMILES string of the molecule is CCn1cc(NC(=O)c2cc(-c3cccc(OC)c3)n[nH]2)c(C(=O)NC)n1. The van der Waals surface area contributed by atoms with Gasteiger partial charge in [0.05, 0.1) is 18.5 Å². The van der Waals surface area contributed by atoms with Crippen molar-refractivity contribution in [2.24, 2.45) is 0 Å². The number of aromatic nitrogens is 4. The fourth-order valence-corrected chi connectivity index (χ4v) is 2.52. The van der Waals surface area contributed by atoms with E-state index in [1.165, 1.54) is 7.05 Å². The molecule has 0 radical (unpaired) electrons. The normalized spacial score (nSPS) is 10.5. The molecule has 0 saturated carbocycles. The number of nitrogens with zero attached hydrogens (tertiary/aromatic N) is 3. The smallest absolute Gasteiger partial charge is 0.273 e. The number of aryl methyl sites for hydroxylation is 1. The lowest BCUT2D eigenvalue weighted by Gasteiger charge is -2.02. The number of ether oxygens (including phenoxy) is 1. The topological polar surface area (TPSA) is 114 Å². The van der Waals surface area contributed by atoms with Crippen molar-refractivity contribution < 1.29 is 14.3 Å². The van der Waals surface area contributed by atoms with E-state index < -0.39 is 5.91 Å². The van der Waals surface area contributed by atoms with Gasteiger partial charge < -0.3 is 15.4 Å². The van der Waals surface area contributed by atoms with E-state index in [9.17, 15) is 9.59 Å². The number of benzene rings is 1. The Morgan fingerprint density at radius 2 is 2.07 bits per heavy atom. The Morgan fingerprint density at radius 1 is 1.26 bits per heavy atom. The molecule has 3 aromatic rings. The minimum Gasteiger partial charge on any atom is -0.497 e. The van der Waals surface area contributed by atoms with Gasteiger partial charge in [-0.25, -0.2) is 0 Å². The Labute approximate surface area is 155 Å². The van der Waals surface area contributed by atoms with E-state index in [0.717, 1.165) is 5.56 Å². The van der Waals surface area contributed by atoms with Crippen molar-refractivity contribution in [1.29, 1.82) is 0 Å². The fraction of sp³-hybridized carbons (Fsp3) is 0.222. The molecule has 2 amide bonds. The maximum atomic E-state index is 12.6. The molecule has 1 aromatic carbocycles. The van der Waals surface area contributed by atoms with Crippen molar-refractivity contribution in [3.8, 4) is 17.0 Å². The minimum absolute atomic E-state index is 0.153. The molecule has 0 aliphatic heterocycles. The maximum Gasteiger partial charge on any atom is 0.273 e. The second-order valence-corrected chi connectivity index (χ2v) is 5.68. The van der Waals surface area contributed by atoms with Crippen molar-refractivity contribution in [2.75, 3.05) is 19.5 Å². The van der Waals surface area contributed by atoms with E-state index in [1.807, 2.05) is 31.2 Å². The van der Waals surface area contributed by atoms with Crippen LogP contribution in [0.4, 0.5) is 5.69 Å². The second-order valence-electron chi connectivity index (χ2n) is 5.68. The number of hydrogen-bond acceptors (Lipinski definition) is 5. The number of hydrogen-bond donors (Lipinski definition) is 3. The molecule has 0 saturated heterocycles. The molecule has 0 spiro atoms. The molecule has 2 heterocycles. The third kappa shape index (κ3) is 3.81. The average Bonchev–Trinajstić information content (AvgIpc) is 3.34. The molecule has 27 heavy (non-hydrogen) atoms. The van der Waals surface area contributed by atoms with Gasteiger partial charge in [0, 0.05) is 25.4 Å². The maximum absolute atomic E-state index is 12.6. The van der Waals surface area contributed by atoms with Crippen LogP contribution in [0, 0.1) is 0 Å². The molecule has 0 bridgehead atoms. The Balaban J connectivity index is 1.82. The third-order valence-electron chi connectivity index (χ3n) is 3.96. The van der Waals surface area contributed by atoms with Crippen LogP contribution >= 0.6 is 0 Å². The van der Waals surface area contributed by atoms with E-state index in [4.69, 9.17) is 4.74 Å². The standard InChI is InChI=1S/C18H20N6O3/c1-4-24-10-15(16(23-24)18(26)19-2)20-17(25)14-9-13(21-22-14)11-6-5-7-12(8-11)27-3/h5-10H,4H2,1-3H3,(H,19,26)(H,20,25)(H,21,22). The molecule has 0 fully saturated rings. The summed E-state index contributed by atoms with van der Waals surface area (Å²) in [7, 11) is 3.09. The third-order valence-corrected chi connectivity index (χ3v) is 3.96. The average molecular weight is 368 g/mol. The number of rotatable bonds is 6. The number of methoxy groups -OCH3 is 1. The monoisotopic (exact) mass is 368 g/mol. The number of amides is 2. The van der Waals surface area contributed by atoms with E-state index in [-0.39, 0.29) is 17.3 Å². The predicted octanol–water partition coefficient (Wildman–Crippen LogP) is 1.91. The lowest BCUT2D eigenvalue weighted by atomic mass is 10.1. The van der Waals surface area contributed by atoms with E-state index in [2.05, 4.69) is 25.9 Å². The molecular weight excluding hydrogens is 348 g/mol. The number of anilines is 1. The van der Waals surface area contributed by atoms with Crippen LogP contribution in [0.1, 0.15) is 27.9 Å². The van der Waals surface area contributed by atoms with Crippen LogP contribution in [0.2, 0.25) is 0 Å². The molecule has 2 aromatic heterocycles. The highest BCUT2D eigenvalue weighted by atomic mass is 16.5. The van der Waals surface area contributed by atoms with Gasteiger partial charge in [-0.05, 0) is 25.1 Å². The van der Waals surface area contributed by atoms with Gasteiger partial charge in [-0.3, -0.25) is 19.4 Å². The molecule has 140 valence electrons. The summed E-state index contributed by atoms with van der Waals surface area (Å²) in [4.78, 5) is 24.5. The quantitative estimate of drug-likeness (QED) is 0.615. The Bertz CT molecular complexity index is 975. The number of aromatic amines is 1. The van der Waals surface area contributed by atoms with Crippen LogP contribution in [0.25, 0.3) is 11.3 Å². The van der Waals surface area contributed by atoms with E-state index >= 15 is 0 Å². The summed E-state index contributed by atoms with van der Waals surface area (Å²) in [5.74, 6) is -0.0969. The summed E-state index contributed by atoms with van der Waals surface area (Å²) in [6, 6.07) is 9.00. The highest BCUT2D eigenvalue weighted by molar-refractivity contribution is 6.07. The summed E-state index contributed by atoms with van der Waals surface area (Å²) < 4.78 is 6.78. The largest absolute Gasteiger partial charge is 0.497 e. The van der Waals surface area contributed by atoms with Crippen LogP contribution in [0.15, 0.2) is 36.5 Å². The summed E-state index contributed by atoms with van der Waals surface area (Å²) in [6.45, 7) is 2.46. The molecule has 9 heteroatoms. The van der Waals surface area contributed by atoms with Gasteiger partial charge in [0.15, 0.2) is 5.69 Å². The van der Waals surface area contributed by atoms with Gasteiger partial charge in [0.25, 0.3) is 11.8 Å². The van der Waals surface area contributed by atoms with Gasteiger partial charge in [0.1, 0.15) is 11.4 Å². The molecule has 3 rings (SSSR count). The zero-order valence-corrected chi connectivity index (χ0v) is 15.2. The zero-order valence-electron chi connectivity index (χ0n) is 15.2. The Kier molecular flexibility index (Phi) is 5.20. The first kappa shape index (κ1) is 18.2. The molecular formula is C18H20N6O3. The van der Waals surface area contributed by atoms with Crippen molar-refractivity contribution in [3.05, 3.63) is 47.9 Å².